The number of halogens is 5. The number of carbonyl (C=O) groups is 2. The predicted octanol–water partition coefficient (Wildman–Crippen LogP) is 3.93. The Hall–Kier alpha value is -1.49. The van der Waals surface area contributed by atoms with Crippen LogP contribution in [0.3, 0.4) is 0 Å². The maximum Gasteiger partial charge on any atom is 0.312 e. The molecule has 0 heterocycles. The molecule has 0 saturated carbocycles. The van der Waals surface area contributed by atoms with Crippen LogP contribution in [-0.2, 0) is 23.8 Å². The first-order valence-corrected chi connectivity index (χ1v) is 9.72. The molecule has 2 unspecified atom stereocenters. The van der Waals surface area contributed by atoms with Crippen LogP contribution in [-0.4, -0.2) is 68.1 Å². The molecular weight excluding hydrogens is 431 g/mol. The molecule has 1 N–H and O–H groups in total. The Morgan fingerprint density at radius 2 is 1.29 bits per heavy atom. The molecule has 184 valence electrons. The van der Waals surface area contributed by atoms with Gasteiger partial charge in [-0.05, 0) is 41.0 Å². The van der Waals surface area contributed by atoms with Crippen LogP contribution in [0, 0.1) is 10.8 Å². The number of aliphatic hydroxyl groups excluding tert-OH is 1. The largest absolute Gasteiger partial charge is 0.463 e. The fourth-order valence-electron chi connectivity index (χ4n) is 3.42. The van der Waals surface area contributed by atoms with E-state index in [4.69, 9.17) is 19.3 Å². The summed E-state index contributed by atoms with van der Waals surface area (Å²) in [4.78, 5) is 25.0. The van der Waals surface area contributed by atoms with Crippen LogP contribution >= 0.6 is 0 Å². The second-order valence-electron chi connectivity index (χ2n) is 8.94. The minimum atomic E-state index is -4.47. The van der Waals surface area contributed by atoms with Crippen LogP contribution in [0.25, 0.3) is 0 Å². The van der Waals surface area contributed by atoms with Crippen molar-refractivity contribution in [2.75, 3.05) is 33.5 Å². The number of hydrogen-bond donors (Lipinski definition) is 1. The molecule has 0 rings (SSSR count). The highest BCUT2D eigenvalue weighted by atomic mass is 19.3. The van der Waals surface area contributed by atoms with Gasteiger partial charge >= 0.3 is 11.9 Å². The van der Waals surface area contributed by atoms with E-state index in [-0.39, 0.29) is 26.7 Å². The third-order valence-electron chi connectivity index (χ3n) is 4.74. The number of esters is 2. The van der Waals surface area contributed by atoms with Crippen molar-refractivity contribution in [3.63, 3.8) is 0 Å². The highest BCUT2D eigenvalue weighted by Gasteiger charge is 2.59. The Morgan fingerprint density at radius 3 is 1.74 bits per heavy atom. The molecule has 2 atom stereocenters. The number of hydrogen-bond acceptors (Lipinski definition) is 6. The average molecular weight is 464 g/mol. The van der Waals surface area contributed by atoms with Gasteiger partial charge in [-0.1, -0.05) is 0 Å². The molecule has 0 aromatic heterocycles. The molecule has 11 heteroatoms. The standard InChI is InChI=1S/C20H33F5O6/c1-16(2,14(27)30-8-7-26)11-17(3,15(28)31-10-9-29-6)12-18(4,21)20(24,25)13-19(5,22)23/h26H,7-13H2,1-6H3. The monoisotopic (exact) mass is 464 g/mol. The normalized spacial score (nSPS) is 16.9. The molecule has 0 spiro atoms. The van der Waals surface area contributed by atoms with Crippen molar-refractivity contribution in [3.05, 3.63) is 0 Å². The Morgan fingerprint density at radius 1 is 0.774 bits per heavy atom. The van der Waals surface area contributed by atoms with Crippen LogP contribution in [0.2, 0.25) is 0 Å². The van der Waals surface area contributed by atoms with E-state index in [2.05, 4.69) is 0 Å². The zero-order valence-corrected chi connectivity index (χ0v) is 18.8. The van der Waals surface area contributed by atoms with E-state index < -0.39 is 66.2 Å². The van der Waals surface area contributed by atoms with Gasteiger partial charge in [0.2, 0.25) is 0 Å². The highest BCUT2D eigenvalue weighted by molar-refractivity contribution is 5.80. The van der Waals surface area contributed by atoms with Crippen molar-refractivity contribution in [2.24, 2.45) is 10.8 Å². The topological polar surface area (TPSA) is 82.1 Å². The average Bonchev–Trinajstić information content (AvgIpc) is 2.56. The van der Waals surface area contributed by atoms with Gasteiger partial charge in [0, 0.05) is 13.5 Å². The fourth-order valence-corrected chi connectivity index (χ4v) is 3.42. The van der Waals surface area contributed by atoms with Gasteiger partial charge in [0.15, 0.2) is 5.67 Å². The van der Waals surface area contributed by atoms with Crippen LogP contribution in [0.1, 0.15) is 53.9 Å². The molecule has 0 aliphatic heterocycles. The number of carbonyl (C=O) groups excluding carboxylic acids is 2. The zero-order valence-electron chi connectivity index (χ0n) is 18.8. The lowest BCUT2D eigenvalue weighted by Crippen LogP contribution is -2.51. The van der Waals surface area contributed by atoms with Gasteiger partial charge in [0.1, 0.15) is 13.2 Å². The maximum absolute atomic E-state index is 15.2. The van der Waals surface area contributed by atoms with Crippen molar-refractivity contribution in [1.29, 1.82) is 0 Å². The van der Waals surface area contributed by atoms with Gasteiger partial charge in [-0.2, -0.15) is 0 Å². The van der Waals surface area contributed by atoms with E-state index in [9.17, 15) is 27.2 Å². The van der Waals surface area contributed by atoms with E-state index in [1.54, 1.807) is 0 Å². The SMILES string of the molecule is COCCOC(=O)C(C)(CC(C)(C)C(=O)OCCO)CC(C)(F)C(F)(F)CC(C)(F)F. The lowest BCUT2D eigenvalue weighted by Gasteiger charge is -2.40. The minimum Gasteiger partial charge on any atom is -0.463 e. The molecule has 31 heavy (non-hydrogen) atoms. The molecule has 0 aromatic carbocycles. The van der Waals surface area contributed by atoms with Gasteiger partial charge in [-0.15, -0.1) is 0 Å². The van der Waals surface area contributed by atoms with Gasteiger partial charge in [-0.3, -0.25) is 9.59 Å². The first-order chi connectivity index (χ1) is 13.8. The van der Waals surface area contributed by atoms with Gasteiger partial charge < -0.3 is 19.3 Å². The number of alkyl halides is 5. The molecule has 0 fully saturated rings. The van der Waals surface area contributed by atoms with Crippen molar-refractivity contribution < 1.29 is 50.9 Å². The smallest absolute Gasteiger partial charge is 0.312 e. The third-order valence-corrected chi connectivity index (χ3v) is 4.74. The summed E-state index contributed by atoms with van der Waals surface area (Å²) >= 11 is 0. The Kier molecular flexibility index (Phi) is 10.4. The van der Waals surface area contributed by atoms with E-state index >= 15 is 4.39 Å². The molecule has 0 bridgehead atoms. The Bertz CT molecular complexity index is 603. The maximum atomic E-state index is 15.2. The molecule has 0 radical (unpaired) electrons. The summed E-state index contributed by atoms with van der Waals surface area (Å²) < 4.78 is 85.0. The lowest BCUT2D eigenvalue weighted by atomic mass is 9.68. The van der Waals surface area contributed by atoms with E-state index in [1.807, 2.05) is 0 Å². The van der Waals surface area contributed by atoms with E-state index in [1.165, 1.54) is 21.0 Å². The molecule has 6 nitrogen and oxygen atoms in total. The first kappa shape index (κ1) is 29.5. The predicted molar refractivity (Wildman–Crippen MR) is 102 cm³/mol. The fraction of sp³-hybridized carbons (Fsp3) is 0.900. The summed E-state index contributed by atoms with van der Waals surface area (Å²) in [6.07, 6.45) is -3.72. The van der Waals surface area contributed by atoms with Crippen molar-refractivity contribution >= 4 is 11.9 Å². The second-order valence-corrected chi connectivity index (χ2v) is 8.94. The highest BCUT2D eigenvalue weighted by Crippen LogP contribution is 2.49. The van der Waals surface area contributed by atoms with Crippen LogP contribution < -0.4 is 0 Å². The summed E-state index contributed by atoms with van der Waals surface area (Å²) in [6, 6.07) is 0. The molecular formula is C20H33F5O6. The summed E-state index contributed by atoms with van der Waals surface area (Å²) in [5.41, 5.74) is -6.98. The van der Waals surface area contributed by atoms with Gasteiger partial charge in [-0.25, -0.2) is 22.0 Å². The van der Waals surface area contributed by atoms with Crippen molar-refractivity contribution in [2.45, 2.75) is 71.4 Å². The minimum absolute atomic E-state index is 0.0190. The number of aliphatic hydroxyl groups is 1. The summed E-state index contributed by atoms with van der Waals surface area (Å²) in [6.45, 7) is 3.44. The summed E-state index contributed by atoms with van der Waals surface area (Å²) in [7, 11) is 1.33. The number of rotatable bonds is 14. The number of ether oxygens (including phenoxy) is 3. The molecule has 0 amide bonds. The van der Waals surface area contributed by atoms with Crippen LogP contribution in [0.4, 0.5) is 22.0 Å². The Balaban J connectivity index is 5.92. The van der Waals surface area contributed by atoms with Crippen LogP contribution in [0.5, 0.6) is 0 Å². The third kappa shape index (κ3) is 9.26. The van der Waals surface area contributed by atoms with E-state index in [0.717, 1.165) is 6.92 Å². The van der Waals surface area contributed by atoms with Crippen molar-refractivity contribution in [1.82, 2.24) is 0 Å². The molecule has 0 aromatic rings. The summed E-state index contributed by atoms with van der Waals surface area (Å²) in [5, 5.41) is 8.80. The second kappa shape index (κ2) is 10.9. The van der Waals surface area contributed by atoms with Gasteiger partial charge in [0.25, 0.3) is 11.8 Å². The molecule has 0 aliphatic rings. The zero-order chi connectivity index (χ0) is 24.7. The lowest BCUT2D eigenvalue weighted by molar-refractivity contribution is -0.195. The van der Waals surface area contributed by atoms with Crippen molar-refractivity contribution in [3.8, 4) is 0 Å². The summed E-state index contributed by atoms with van der Waals surface area (Å²) in [5.74, 6) is -10.3. The number of methoxy groups -OCH3 is 1. The quantitative estimate of drug-likeness (QED) is 0.238. The Labute approximate surface area is 179 Å². The molecule has 0 aliphatic carbocycles. The first-order valence-electron chi connectivity index (χ1n) is 9.72. The molecule has 0 saturated heterocycles. The van der Waals surface area contributed by atoms with Gasteiger partial charge in [0.05, 0.1) is 30.5 Å². The van der Waals surface area contributed by atoms with Crippen LogP contribution in [0.15, 0.2) is 0 Å². The van der Waals surface area contributed by atoms with E-state index in [0.29, 0.717) is 6.92 Å².